The number of hydrogen-bond donors (Lipinski definition) is 1. The molecule has 8 heteroatoms. The molecule has 1 aromatic heterocycles. The lowest BCUT2D eigenvalue weighted by atomic mass is 10.2. The maximum Gasteiger partial charge on any atom is 0.344 e. The summed E-state index contributed by atoms with van der Waals surface area (Å²) >= 11 is 0. The predicted octanol–water partition coefficient (Wildman–Crippen LogP) is 2.57. The molecule has 0 bridgehead atoms. The highest BCUT2D eigenvalue weighted by molar-refractivity contribution is 5.97. The molecule has 2 rings (SSSR count). The Hall–Kier alpha value is -3.16. The van der Waals surface area contributed by atoms with E-state index in [1.54, 1.807) is 43.0 Å². The van der Waals surface area contributed by atoms with E-state index in [1.165, 1.54) is 0 Å². The van der Waals surface area contributed by atoms with Crippen molar-refractivity contribution >= 4 is 23.5 Å². The quantitative estimate of drug-likeness (QED) is 0.749. The van der Waals surface area contributed by atoms with Crippen LogP contribution in [0.3, 0.4) is 0 Å². The lowest BCUT2D eigenvalue weighted by molar-refractivity contribution is -0.119. The van der Waals surface area contributed by atoms with Gasteiger partial charge >= 0.3 is 5.97 Å². The molecule has 144 valence electrons. The second-order valence-electron chi connectivity index (χ2n) is 5.88. The third-order valence-electron chi connectivity index (χ3n) is 4.04. The molecule has 2 amide bonds. The third-order valence-corrected chi connectivity index (χ3v) is 4.04. The number of aromatic nitrogens is 1. The van der Waals surface area contributed by atoms with Gasteiger partial charge in [0, 0.05) is 24.3 Å². The number of benzene rings is 1. The fraction of sp³-hybridized carbons (Fsp3) is 0.368. The van der Waals surface area contributed by atoms with Crippen LogP contribution in [0.15, 0.2) is 28.8 Å². The highest BCUT2D eigenvalue weighted by Gasteiger charge is 2.20. The van der Waals surface area contributed by atoms with E-state index in [4.69, 9.17) is 9.26 Å². The van der Waals surface area contributed by atoms with Gasteiger partial charge in [0.25, 0.3) is 11.8 Å². The highest BCUT2D eigenvalue weighted by atomic mass is 16.5. The number of amides is 2. The van der Waals surface area contributed by atoms with Crippen LogP contribution in [-0.2, 0) is 9.53 Å². The number of esters is 1. The van der Waals surface area contributed by atoms with E-state index in [0.717, 1.165) is 0 Å². The minimum atomic E-state index is -0.665. The van der Waals surface area contributed by atoms with Gasteiger partial charge in [-0.25, -0.2) is 4.79 Å². The number of aryl methyl sites for hydroxylation is 2. The maximum atomic E-state index is 12.3. The van der Waals surface area contributed by atoms with Crippen LogP contribution >= 0.6 is 0 Å². The Bertz CT molecular complexity index is 803. The smallest absolute Gasteiger partial charge is 0.344 e. The van der Waals surface area contributed by atoms with E-state index in [-0.39, 0.29) is 11.5 Å². The fourth-order valence-corrected chi connectivity index (χ4v) is 2.56. The summed E-state index contributed by atoms with van der Waals surface area (Å²) < 4.78 is 9.89. The van der Waals surface area contributed by atoms with Crippen molar-refractivity contribution in [3.05, 3.63) is 46.8 Å². The number of nitrogens with one attached hydrogen (secondary N) is 1. The van der Waals surface area contributed by atoms with Gasteiger partial charge in [0.15, 0.2) is 6.61 Å². The van der Waals surface area contributed by atoms with Gasteiger partial charge in [0.2, 0.25) is 0 Å². The normalized spacial score (nSPS) is 10.4. The van der Waals surface area contributed by atoms with Crippen LogP contribution in [0.2, 0.25) is 0 Å². The van der Waals surface area contributed by atoms with E-state index in [9.17, 15) is 14.4 Å². The lowest BCUT2D eigenvalue weighted by Gasteiger charge is -2.18. The van der Waals surface area contributed by atoms with Gasteiger partial charge in [-0.15, -0.1) is 0 Å². The predicted molar refractivity (Wildman–Crippen MR) is 98.6 cm³/mol. The Labute approximate surface area is 157 Å². The second-order valence-corrected chi connectivity index (χ2v) is 5.88. The van der Waals surface area contributed by atoms with Crippen LogP contribution in [0.25, 0.3) is 0 Å². The molecule has 0 saturated carbocycles. The van der Waals surface area contributed by atoms with Crippen LogP contribution in [0.4, 0.5) is 5.69 Å². The van der Waals surface area contributed by atoms with E-state index in [0.29, 0.717) is 35.8 Å². The SMILES string of the molecule is CCN(CC)C(=O)c1ccc(NC(=O)COC(=O)c2c(C)noc2C)cc1. The molecule has 27 heavy (non-hydrogen) atoms. The minimum Gasteiger partial charge on any atom is -0.452 e. The Balaban J connectivity index is 1.91. The van der Waals surface area contributed by atoms with Crippen molar-refractivity contribution in [1.82, 2.24) is 10.1 Å². The van der Waals surface area contributed by atoms with Crippen molar-refractivity contribution in [3.8, 4) is 0 Å². The number of hydrogen-bond acceptors (Lipinski definition) is 6. The molecule has 0 saturated heterocycles. The van der Waals surface area contributed by atoms with Crippen LogP contribution in [0.1, 0.15) is 46.0 Å². The van der Waals surface area contributed by atoms with E-state index in [2.05, 4.69) is 10.5 Å². The summed E-state index contributed by atoms with van der Waals surface area (Å²) in [6.45, 7) is 7.86. The number of ether oxygens (including phenoxy) is 1. The minimum absolute atomic E-state index is 0.0636. The lowest BCUT2D eigenvalue weighted by Crippen LogP contribution is -2.30. The first kappa shape index (κ1) is 20.2. The van der Waals surface area contributed by atoms with E-state index < -0.39 is 18.5 Å². The molecule has 0 aliphatic heterocycles. The molecule has 8 nitrogen and oxygen atoms in total. The fourth-order valence-electron chi connectivity index (χ4n) is 2.56. The highest BCUT2D eigenvalue weighted by Crippen LogP contribution is 2.14. The second kappa shape index (κ2) is 8.98. The van der Waals surface area contributed by atoms with Gasteiger partial charge < -0.3 is 19.5 Å². The Morgan fingerprint density at radius 2 is 1.74 bits per heavy atom. The first-order valence-electron chi connectivity index (χ1n) is 8.66. The van der Waals surface area contributed by atoms with E-state index in [1.807, 2.05) is 13.8 Å². The van der Waals surface area contributed by atoms with Crippen molar-refractivity contribution < 1.29 is 23.6 Å². The summed E-state index contributed by atoms with van der Waals surface area (Å²) in [7, 11) is 0. The van der Waals surface area contributed by atoms with Crippen molar-refractivity contribution in [2.75, 3.05) is 25.0 Å². The molecule has 2 aromatic rings. The standard InChI is InChI=1S/C19H23N3O5/c1-5-22(6-2)18(24)14-7-9-15(10-8-14)20-16(23)11-26-19(25)17-12(3)21-27-13(17)4/h7-10H,5-6,11H2,1-4H3,(H,20,23). The molecular formula is C19H23N3O5. The first-order valence-corrected chi connectivity index (χ1v) is 8.66. The number of anilines is 1. The molecule has 0 radical (unpaired) electrons. The number of rotatable bonds is 7. The first-order chi connectivity index (χ1) is 12.9. The summed E-state index contributed by atoms with van der Waals surface area (Å²) in [6, 6.07) is 6.55. The molecule has 1 heterocycles. The van der Waals surface area contributed by atoms with Gasteiger partial charge in [-0.05, 0) is 52.0 Å². The molecule has 1 N–H and O–H groups in total. The van der Waals surface area contributed by atoms with Gasteiger partial charge in [-0.1, -0.05) is 5.16 Å². The molecular weight excluding hydrogens is 350 g/mol. The molecule has 0 atom stereocenters. The van der Waals surface area contributed by atoms with Gasteiger partial charge in [-0.2, -0.15) is 0 Å². The zero-order chi connectivity index (χ0) is 20.0. The van der Waals surface area contributed by atoms with Crippen molar-refractivity contribution in [3.63, 3.8) is 0 Å². The average molecular weight is 373 g/mol. The molecule has 0 unspecified atom stereocenters. The number of carbonyl (C=O) groups is 3. The largest absolute Gasteiger partial charge is 0.452 e. The Morgan fingerprint density at radius 1 is 1.11 bits per heavy atom. The van der Waals surface area contributed by atoms with E-state index >= 15 is 0 Å². The summed E-state index contributed by atoms with van der Waals surface area (Å²) in [5, 5.41) is 6.29. The van der Waals surface area contributed by atoms with Gasteiger partial charge in [-0.3, -0.25) is 9.59 Å². The topological polar surface area (TPSA) is 102 Å². The summed E-state index contributed by atoms with van der Waals surface area (Å²) in [6.07, 6.45) is 0. The Morgan fingerprint density at radius 3 is 2.26 bits per heavy atom. The van der Waals surface area contributed by atoms with Crippen LogP contribution in [0, 0.1) is 13.8 Å². The summed E-state index contributed by atoms with van der Waals surface area (Å²) in [5.74, 6) is -0.878. The monoisotopic (exact) mass is 373 g/mol. The molecule has 0 spiro atoms. The van der Waals surface area contributed by atoms with Crippen LogP contribution < -0.4 is 5.32 Å². The maximum absolute atomic E-state index is 12.3. The molecule has 0 fully saturated rings. The van der Waals surface area contributed by atoms with Gasteiger partial charge in [0.05, 0.1) is 5.69 Å². The zero-order valence-electron chi connectivity index (χ0n) is 15.9. The van der Waals surface area contributed by atoms with Crippen molar-refractivity contribution in [2.24, 2.45) is 0 Å². The van der Waals surface area contributed by atoms with Crippen molar-refractivity contribution in [1.29, 1.82) is 0 Å². The third kappa shape index (κ3) is 4.93. The molecule has 1 aromatic carbocycles. The number of nitrogens with zero attached hydrogens (tertiary/aromatic N) is 2. The van der Waals surface area contributed by atoms with Crippen molar-refractivity contribution in [2.45, 2.75) is 27.7 Å². The average Bonchev–Trinajstić information content (AvgIpc) is 2.99. The van der Waals surface area contributed by atoms with Gasteiger partial charge in [0.1, 0.15) is 11.3 Å². The van der Waals surface area contributed by atoms with Crippen LogP contribution in [-0.4, -0.2) is 47.5 Å². The van der Waals surface area contributed by atoms with Crippen LogP contribution in [0.5, 0.6) is 0 Å². The summed E-state index contributed by atoms with van der Waals surface area (Å²) in [5.41, 5.74) is 1.68. The molecule has 0 aliphatic carbocycles. The zero-order valence-corrected chi connectivity index (χ0v) is 15.9. The molecule has 0 aliphatic rings. The number of carbonyl (C=O) groups excluding carboxylic acids is 3. The summed E-state index contributed by atoms with van der Waals surface area (Å²) in [4.78, 5) is 37.9. The Kier molecular flexibility index (Phi) is 6.70.